The molecule has 3 aromatic rings. The molecule has 0 spiro atoms. The standard InChI is InChI=1S/C35H38N4O/c36-28-8-9-29-27(16-28)7-10-30-33(29)37-31(20-35-17-22-11-23(18-35)13-24(12-22)19-35)34(38-30)39-32(40)15-21-5-6-25-3-1-2-4-26(25)14-21/h1-4,8-9,14,16,22-24H,5-7,10-13,15,17-20,36H2,(H,38,39,40). The number of fused-ring (bicyclic) bond motifs is 4. The largest absolute Gasteiger partial charge is 0.399 e. The molecule has 5 heteroatoms. The highest BCUT2D eigenvalue weighted by Gasteiger charge is 2.51. The molecule has 1 heterocycles. The van der Waals surface area contributed by atoms with E-state index in [1.165, 1.54) is 60.8 Å². The van der Waals surface area contributed by atoms with E-state index in [0.717, 1.165) is 78.2 Å². The molecule has 4 fully saturated rings. The van der Waals surface area contributed by atoms with Gasteiger partial charge in [0, 0.05) is 17.7 Å². The Morgan fingerprint density at radius 1 is 0.900 bits per heavy atom. The number of amides is 1. The second kappa shape index (κ2) is 9.29. The van der Waals surface area contributed by atoms with Crippen molar-refractivity contribution in [3.8, 4) is 11.3 Å². The predicted molar refractivity (Wildman–Crippen MR) is 160 cm³/mol. The molecule has 3 N–H and O–H groups in total. The van der Waals surface area contributed by atoms with Crippen LogP contribution in [0.25, 0.3) is 17.3 Å². The topological polar surface area (TPSA) is 80.9 Å². The molecular weight excluding hydrogens is 492 g/mol. The van der Waals surface area contributed by atoms with Crippen LogP contribution in [-0.2, 0) is 30.5 Å². The molecule has 1 amide bonds. The van der Waals surface area contributed by atoms with Gasteiger partial charge >= 0.3 is 0 Å². The number of rotatable bonds is 5. The minimum Gasteiger partial charge on any atom is -0.399 e. The smallest absolute Gasteiger partial charge is 0.229 e. The van der Waals surface area contributed by atoms with Crippen LogP contribution in [0.1, 0.15) is 79.4 Å². The molecule has 204 valence electrons. The number of hydrogen-bond acceptors (Lipinski definition) is 4. The number of carbonyl (C=O) groups is 1. The van der Waals surface area contributed by atoms with E-state index in [4.69, 9.17) is 15.7 Å². The third-order valence-corrected chi connectivity index (χ3v) is 10.5. The van der Waals surface area contributed by atoms with Gasteiger partial charge < -0.3 is 11.1 Å². The first-order chi connectivity index (χ1) is 19.5. The first-order valence-electron chi connectivity index (χ1n) is 15.3. The lowest BCUT2D eigenvalue weighted by Gasteiger charge is -2.57. The van der Waals surface area contributed by atoms with Crippen LogP contribution in [0, 0.1) is 23.2 Å². The lowest BCUT2D eigenvalue weighted by atomic mass is 9.48. The van der Waals surface area contributed by atoms with Gasteiger partial charge in [0.25, 0.3) is 0 Å². The number of carbonyl (C=O) groups excluding carboxylic acids is 1. The van der Waals surface area contributed by atoms with Gasteiger partial charge in [-0.1, -0.05) is 42.0 Å². The summed E-state index contributed by atoms with van der Waals surface area (Å²) < 4.78 is 0. The van der Waals surface area contributed by atoms with Gasteiger partial charge in [-0.15, -0.1) is 0 Å². The predicted octanol–water partition coefficient (Wildman–Crippen LogP) is 6.94. The molecule has 6 aliphatic carbocycles. The second-order valence-electron chi connectivity index (χ2n) is 13.6. The van der Waals surface area contributed by atoms with Crippen LogP contribution in [0.3, 0.4) is 0 Å². The first kappa shape index (κ1) is 24.3. The second-order valence-corrected chi connectivity index (χ2v) is 13.6. The molecular formula is C35H38N4O. The highest BCUT2D eigenvalue weighted by Crippen LogP contribution is 2.61. The Hall–Kier alpha value is -3.47. The summed E-state index contributed by atoms with van der Waals surface area (Å²) in [6.45, 7) is 0. The minimum atomic E-state index is 0.0237. The van der Waals surface area contributed by atoms with Crippen molar-refractivity contribution < 1.29 is 4.79 Å². The molecule has 0 saturated heterocycles. The Kier molecular flexibility index (Phi) is 5.65. The Morgan fingerprint density at radius 3 is 2.45 bits per heavy atom. The number of aromatic nitrogens is 2. The van der Waals surface area contributed by atoms with E-state index >= 15 is 0 Å². The molecule has 0 aliphatic heterocycles. The summed E-state index contributed by atoms with van der Waals surface area (Å²) in [5.74, 6) is 3.35. The number of benzene rings is 2. The van der Waals surface area contributed by atoms with Gasteiger partial charge in [0.2, 0.25) is 5.91 Å². The molecule has 40 heavy (non-hydrogen) atoms. The fraction of sp³-hybridized carbons (Fsp3) is 0.457. The maximum absolute atomic E-state index is 13.5. The van der Waals surface area contributed by atoms with E-state index < -0.39 is 0 Å². The van der Waals surface area contributed by atoms with E-state index in [0.29, 0.717) is 17.7 Å². The average molecular weight is 531 g/mol. The van der Waals surface area contributed by atoms with E-state index in [1.807, 2.05) is 6.07 Å². The van der Waals surface area contributed by atoms with Gasteiger partial charge in [-0.25, -0.2) is 9.97 Å². The highest BCUT2D eigenvalue weighted by atomic mass is 16.1. The number of nitrogens with two attached hydrogens (primary N) is 1. The SMILES string of the molecule is Nc1ccc2c(c1)CCc1nc(NC(=O)CC3=Cc4ccccc4CC3)c(CC34CC5CC(CC(C5)C3)C4)nc1-2. The van der Waals surface area contributed by atoms with E-state index in [-0.39, 0.29) is 5.91 Å². The normalized spacial score (nSPS) is 27.4. The maximum Gasteiger partial charge on any atom is 0.229 e. The van der Waals surface area contributed by atoms with Gasteiger partial charge in [0.05, 0.1) is 17.1 Å². The van der Waals surface area contributed by atoms with Crippen LogP contribution < -0.4 is 11.1 Å². The van der Waals surface area contributed by atoms with Crippen molar-refractivity contribution in [2.45, 2.75) is 77.0 Å². The number of aryl methyl sites for hydroxylation is 3. The number of nitrogens with zero attached hydrogens (tertiary/aromatic N) is 2. The molecule has 2 aromatic carbocycles. The van der Waals surface area contributed by atoms with Crippen LogP contribution in [0.2, 0.25) is 0 Å². The number of nitrogen functional groups attached to an aromatic ring is 1. The Balaban J connectivity index is 1.12. The fourth-order valence-electron chi connectivity index (χ4n) is 9.30. The lowest BCUT2D eigenvalue weighted by Crippen LogP contribution is -2.47. The van der Waals surface area contributed by atoms with Crippen LogP contribution >= 0.6 is 0 Å². The molecule has 1 aromatic heterocycles. The monoisotopic (exact) mass is 530 g/mol. The third kappa shape index (κ3) is 4.34. The Bertz CT molecular complexity index is 1520. The van der Waals surface area contributed by atoms with Crippen molar-refractivity contribution in [1.82, 2.24) is 9.97 Å². The number of nitrogens with one attached hydrogen (secondary N) is 1. The molecule has 4 bridgehead atoms. The van der Waals surface area contributed by atoms with Crippen LogP contribution in [0.5, 0.6) is 0 Å². The molecule has 0 radical (unpaired) electrons. The number of anilines is 2. The third-order valence-electron chi connectivity index (χ3n) is 10.5. The van der Waals surface area contributed by atoms with Crippen molar-refractivity contribution in [1.29, 1.82) is 0 Å². The van der Waals surface area contributed by atoms with Gasteiger partial charge in [-0.05, 0) is 123 Å². The van der Waals surface area contributed by atoms with Crippen molar-refractivity contribution in [3.63, 3.8) is 0 Å². The van der Waals surface area contributed by atoms with Crippen LogP contribution in [0.15, 0.2) is 48.0 Å². The van der Waals surface area contributed by atoms with E-state index in [9.17, 15) is 4.79 Å². The maximum atomic E-state index is 13.5. The average Bonchev–Trinajstić information content (AvgIpc) is 2.92. The summed E-state index contributed by atoms with van der Waals surface area (Å²) in [5, 5.41) is 3.27. The van der Waals surface area contributed by atoms with Gasteiger partial charge in [0.1, 0.15) is 0 Å². The fourth-order valence-corrected chi connectivity index (χ4v) is 9.30. The van der Waals surface area contributed by atoms with Gasteiger partial charge in [-0.3, -0.25) is 4.79 Å². The highest BCUT2D eigenvalue weighted by molar-refractivity contribution is 5.93. The molecule has 4 saturated carbocycles. The summed E-state index contributed by atoms with van der Waals surface area (Å²) in [5.41, 5.74) is 16.4. The van der Waals surface area contributed by atoms with Crippen LogP contribution in [0.4, 0.5) is 11.5 Å². The molecule has 6 aliphatic rings. The van der Waals surface area contributed by atoms with Crippen molar-refractivity contribution in [2.24, 2.45) is 23.2 Å². The summed E-state index contributed by atoms with van der Waals surface area (Å²) in [6.07, 6.45) is 15.4. The van der Waals surface area contributed by atoms with Gasteiger partial charge in [-0.2, -0.15) is 0 Å². The zero-order valence-corrected chi connectivity index (χ0v) is 23.2. The van der Waals surface area contributed by atoms with E-state index in [2.05, 4.69) is 47.8 Å². The summed E-state index contributed by atoms with van der Waals surface area (Å²) in [7, 11) is 0. The molecule has 5 nitrogen and oxygen atoms in total. The quantitative estimate of drug-likeness (QED) is 0.350. The molecule has 9 rings (SSSR count). The zero-order chi connectivity index (χ0) is 26.8. The molecule has 0 atom stereocenters. The van der Waals surface area contributed by atoms with E-state index in [1.54, 1.807) is 0 Å². The first-order valence-corrected chi connectivity index (χ1v) is 15.3. The Labute approximate surface area is 236 Å². The van der Waals surface area contributed by atoms with Crippen molar-refractivity contribution in [3.05, 3.63) is 76.1 Å². The summed E-state index contributed by atoms with van der Waals surface area (Å²) >= 11 is 0. The Morgan fingerprint density at radius 2 is 1.65 bits per heavy atom. The van der Waals surface area contributed by atoms with Crippen molar-refractivity contribution >= 4 is 23.5 Å². The molecule has 0 unspecified atom stereocenters. The van der Waals surface area contributed by atoms with Crippen LogP contribution in [-0.4, -0.2) is 15.9 Å². The van der Waals surface area contributed by atoms with Gasteiger partial charge in [0.15, 0.2) is 5.82 Å². The zero-order valence-electron chi connectivity index (χ0n) is 23.2. The van der Waals surface area contributed by atoms with Crippen molar-refractivity contribution in [2.75, 3.05) is 11.1 Å². The lowest BCUT2D eigenvalue weighted by molar-refractivity contribution is -0.115. The summed E-state index contributed by atoms with van der Waals surface area (Å²) in [4.78, 5) is 24.0. The summed E-state index contributed by atoms with van der Waals surface area (Å²) in [6, 6.07) is 14.7. The minimum absolute atomic E-state index is 0.0237. The number of hydrogen-bond donors (Lipinski definition) is 2.